The molecule has 2 saturated heterocycles. The Morgan fingerprint density at radius 3 is 2.09 bits per heavy atom. The summed E-state index contributed by atoms with van der Waals surface area (Å²) >= 11 is 14.3. The van der Waals surface area contributed by atoms with Crippen LogP contribution >= 0.6 is 23.2 Å². The predicted molar refractivity (Wildman–Crippen MR) is 213 cm³/mol. The Morgan fingerprint density at radius 1 is 0.815 bits per heavy atom. The van der Waals surface area contributed by atoms with Gasteiger partial charge in [-0.3, -0.25) is 19.3 Å². The number of pyridine rings is 2. The van der Waals surface area contributed by atoms with Crippen molar-refractivity contribution in [3.63, 3.8) is 0 Å². The smallest absolute Gasteiger partial charge is 0.219 e. The fourth-order valence-corrected chi connectivity index (χ4v) is 8.27. The molecule has 0 atom stereocenters. The average Bonchev–Trinajstić information content (AvgIpc) is 3.50. The summed E-state index contributed by atoms with van der Waals surface area (Å²) in [5, 5.41) is 14.2. The van der Waals surface area contributed by atoms with Crippen LogP contribution in [0.5, 0.6) is 5.88 Å². The van der Waals surface area contributed by atoms with Crippen molar-refractivity contribution in [1.29, 1.82) is 0 Å². The molecule has 0 aliphatic carbocycles. The van der Waals surface area contributed by atoms with E-state index in [1.165, 1.54) is 0 Å². The molecule has 0 bridgehead atoms. The fraction of sp³-hybridized carbons (Fsp3) is 0.390. The summed E-state index contributed by atoms with van der Waals surface area (Å²) in [6.45, 7) is 7.61. The van der Waals surface area contributed by atoms with Crippen LogP contribution in [0.3, 0.4) is 0 Å². The van der Waals surface area contributed by atoms with Crippen LogP contribution in [0.1, 0.15) is 50.8 Å². The molecule has 3 aromatic heterocycles. The topological polar surface area (TPSA) is 118 Å². The van der Waals surface area contributed by atoms with Crippen molar-refractivity contribution in [2.24, 2.45) is 7.05 Å². The van der Waals surface area contributed by atoms with Gasteiger partial charge >= 0.3 is 0 Å². The maximum absolute atomic E-state index is 11.7. The van der Waals surface area contributed by atoms with Gasteiger partial charge in [-0.25, -0.2) is 4.98 Å². The minimum absolute atomic E-state index is 0.130. The van der Waals surface area contributed by atoms with Gasteiger partial charge in [0.1, 0.15) is 0 Å². The molecule has 2 fully saturated rings. The number of likely N-dealkylation sites (tertiary alicyclic amines) is 2. The number of halogens is 2. The first-order chi connectivity index (χ1) is 26.1. The standard InChI is InChI=1S/C41H46Cl2N8O3/c1-25(52)50-18-13-29(14-19-50)45-23-28-9-11-35(47-41(28)54-4)34-7-5-6-31(38(34)42)32-12-17-44-40(39(32)43)27-8-10-33-36(48-49(3)37(33)22-27)24-46-30-15-20-51(21-16-30)26(2)53/h5-12,17,22,29-30,45-46H,13-16,18-21,23-24H2,1-4H3. The first-order valence-corrected chi connectivity index (χ1v) is 19.3. The Kier molecular flexibility index (Phi) is 11.5. The summed E-state index contributed by atoms with van der Waals surface area (Å²) < 4.78 is 7.63. The second-order valence-corrected chi connectivity index (χ2v) is 14.9. The maximum atomic E-state index is 11.7. The molecule has 13 heteroatoms. The van der Waals surface area contributed by atoms with Crippen molar-refractivity contribution in [3.8, 4) is 39.5 Å². The van der Waals surface area contributed by atoms with Crippen LogP contribution in [0.4, 0.5) is 0 Å². The molecule has 2 aromatic carbocycles. The number of amides is 2. The molecule has 54 heavy (non-hydrogen) atoms. The number of nitrogens with one attached hydrogen (secondary N) is 2. The van der Waals surface area contributed by atoms with E-state index in [1.54, 1.807) is 27.2 Å². The highest BCUT2D eigenvalue weighted by atomic mass is 35.5. The third kappa shape index (κ3) is 7.95. The predicted octanol–water partition coefficient (Wildman–Crippen LogP) is 6.88. The molecule has 0 radical (unpaired) electrons. The van der Waals surface area contributed by atoms with Gasteiger partial charge in [0, 0.05) is 112 Å². The molecule has 5 heterocycles. The van der Waals surface area contributed by atoms with Crippen LogP contribution in [0.2, 0.25) is 10.0 Å². The van der Waals surface area contributed by atoms with E-state index < -0.39 is 0 Å². The largest absolute Gasteiger partial charge is 0.481 e. The fourth-order valence-electron chi connectivity index (χ4n) is 7.62. The summed E-state index contributed by atoms with van der Waals surface area (Å²) in [7, 11) is 3.57. The van der Waals surface area contributed by atoms with Gasteiger partial charge in [-0.1, -0.05) is 59.6 Å². The number of benzene rings is 2. The van der Waals surface area contributed by atoms with Gasteiger partial charge in [-0.2, -0.15) is 5.10 Å². The highest BCUT2D eigenvalue weighted by Gasteiger charge is 2.23. The number of carbonyl (C=O) groups is 2. The Morgan fingerprint density at radius 2 is 1.44 bits per heavy atom. The number of fused-ring (bicyclic) bond motifs is 1. The number of piperidine rings is 2. The summed E-state index contributed by atoms with van der Waals surface area (Å²) in [6.07, 6.45) is 5.45. The molecule has 2 aliphatic heterocycles. The lowest BCUT2D eigenvalue weighted by Gasteiger charge is -2.31. The number of methoxy groups -OCH3 is 1. The Balaban J connectivity index is 1.08. The van der Waals surface area contributed by atoms with E-state index >= 15 is 0 Å². The zero-order chi connectivity index (χ0) is 37.9. The van der Waals surface area contributed by atoms with E-state index in [4.69, 9.17) is 43.0 Å². The van der Waals surface area contributed by atoms with Crippen molar-refractivity contribution in [2.45, 2.75) is 64.7 Å². The molecular formula is C41H46Cl2N8O3. The molecule has 0 unspecified atom stereocenters. The summed E-state index contributed by atoms with van der Waals surface area (Å²) in [6, 6.07) is 18.6. The monoisotopic (exact) mass is 768 g/mol. The average molecular weight is 770 g/mol. The van der Waals surface area contributed by atoms with Crippen LogP contribution < -0.4 is 15.4 Å². The van der Waals surface area contributed by atoms with Crippen LogP contribution in [0.15, 0.2) is 60.8 Å². The normalized spacial score (nSPS) is 15.6. The first kappa shape index (κ1) is 37.8. The maximum Gasteiger partial charge on any atom is 0.219 e. The van der Waals surface area contributed by atoms with Crippen LogP contribution in [-0.2, 0) is 29.7 Å². The highest BCUT2D eigenvalue weighted by molar-refractivity contribution is 6.39. The zero-order valence-electron chi connectivity index (χ0n) is 31.2. The number of hydrogen-bond donors (Lipinski definition) is 2. The van der Waals surface area contributed by atoms with E-state index in [0.717, 1.165) is 96.3 Å². The number of rotatable bonds is 10. The first-order valence-electron chi connectivity index (χ1n) is 18.5. The van der Waals surface area contributed by atoms with Gasteiger partial charge in [0.05, 0.1) is 39.8 Å². The minimum Gasteiger partial charge on any atom is -0.481 e. The number of hydrogen-bond acceptors (Lipinski definition) is 8. The van der Waals surface area contributed by atoms with Crippen LogP contribution in [0.25, 0.3) is 44.5 Å². The van der Waals surface area contributed by atoms with Gasteiger partial charge in [-0.05, 0) is 43.9 Å². The second kappa shape index (κ2) is 16.4. The molecule has 7 rings (SSSR count). The molecule has 2 aliphatic rings. The molecule has 2 amide bonds. The van der Waals surface area contributed by atoms with Crippen molar-refractivity contribution in [3.05, 3.63) is 82.1 Å². The number of ether oxygens (including phenoxy) is 1. The Hall–Kier alpha value is -4.55. The van der Waals surface area contributed by atoms with E-state index in [2.05, 4.69) is 22.8 Å². The summed E-state index contributed by atoms with van der Waals surface area (Å²) in [5.41, 5.74) is 7.43. The van der Waals surface area contributed by atoms with Gasteiger partial charge < -0.3 is 25.2 Å². The molecular weight excluding hydrogens is 723 g/mol. The van der Waals surface area contributed by atoms with Gasteiger partial charge in [0.15, 0.2) is 0 Å². The van der Waals surface area contributed by atoms with Crippen molar-refractivity contribution >= 4 is 45.9 Å². The van der Waals surface area contributed by atoms with Crippen LogP contribution in [-0.4, -0.2) is 86.7 Å². The molecule has 11 nitrogen and oxygen atoms in total. The van der Waals surface area contributed by atoms with Crippen LogP contribution in [0, 0.1) is 0 Å². The summed E-state index contributed by atoms with van der Waals surface area (Å²) in [4.78, 5) is 36.8. The lowest BCUT2D eigenvalue weighted by Crippen LogP contribution is -2.44. The van der Waals surface area contributed by atoms with E-state index in [9.17, 15) is 9.59 Å². The van der Waals surface area contributed by atoms with Gasteiger partial charge in [0.25, 0.3) is 0 Å². The molecule has 0 spiro atoms. The van der Waals surface area contributed by atoms with Gasteiger partial charge in [0.2, 0.25) is 17.7 Å². The lowest BCUT2D eigenvalue weighted by atomic mass is 9.99. The molecule has 282 valence electrons. The highest BCUT2D eigenvalue weighted by Crippen LogP contribution is 2.42. The zero-order valence-corrected chi connectivity index (χ0v) is 32.7. The SMILES string of the molecule is COc1nc(-c2cccc(-c3ccnc(-c4ccc5c(CNC6CCN(C(C)=O)CC6)nn(C)c5c4)c3Cl)c2Cl)ccc1CNC1CCN(C(C)=O)CC1. The number of nitrogens with zero attached hydrogens (tertiary/aromatic N) is 6. The number of aromatic nitrogens is 4. The van der Waals surface area contributed by atoms with Crippen molar-refractivity contribution < 1.29 is 14.3 Å². The summed E-state index contributed by atoms with van der Waals surface area (Å²) in [5.74, 6) is 0.804. The molecule has 2 N–H and O–H groups in total. The third-order valence-electron chi connectivity index (χ3n) is 10.8. The molecule has 0 saturated carbocycles. The lowest BCUT2D eigenvalue weighted by molar-refractivity contribution is -0.130. The van der Waals surface area contributed by atoms with E-state index in [0.29, 0.717) is 52.5 Å². The molecule has 5 aromatic rings. The van der Waals surface area contributed by atoms with E-state index in [1.807, 2.05) is 64.0 Å². The van der Waals surface area contributed by atoms with Crippen molar-refractivity contribution in [1.82, 2.24) is 40.2 Å². The minimum atomic E-state index is 0.130. The Labute approximate surface area is 326 Å². The quantitative estimate of drug-likeness (QED) is 0.158. The third-order valence-corrected chi connectivity index (χ3v) is 11.6. The van der Waals surface area contributed by atoms with E-state index in [-0.39, 0.29) is 11.8 Å². The van der Waals surface area contributed by atoms with Gasteiger partial charge in [-0.15, -0.1) is 0 Å². The van der Waals surface area contributed by atoms with Crippen molar-refractivity contribution in [2.75, 3.05) is 33.3 Å². The number of aryl methyl sites for hydroxylation is 1. The Bertz CT molecular complexity index is 2170. The number of carbonyl (C=O) groups excluding carboxylic acids is 2. The second-order valence-electron chi connectivity index (χ2n) is 14.2.